The van der Waals surface area contributed by atoms with Gasteiger partial charge in [0.1, 0.15) is 0 Å². The zero-order chi connectivity index (χ0) is 17.7. The van der Waals surface area contributed by atoms with E-state index in [4.69, 9.17) is 0 Å². The molecule has 0 fully saturated rings. The second kappa shape index (κ2) is 7.72. The molecule has 24 heavy (non-hydrogen) atoms. The van der Waals surface area contributed by atoms with Crippen LogP contribution in [0.25, 0.3) is 0 Å². The maximum Gasteiger partial charge on any atom is 0.250 e. The van der Waals surface area contributed by atoms with Gasteiger partial charge in [-0.2, -0.15) is 4.31 Å². The van der Waals surface area contributed by atoms with Gasteiger partial charge in [0.05, 0.1) is 4.90 Å². The summed E-state index contributed by atoms with van der Waals surface area (Å²) in [5, 5.41) is 0. The first-order valence-electron chi connectivity index (χ1n) is 8.00. The predicted octanol–water partition coefficient (Wildman–Crippen LogP) is 1.82. The molecule has 0 aromatic carbocycles. The van der Waals surface area contributed by atoms with Crippen LogP contribution in [-0.2, 0) is 23.0 Å². The van der Waals surface area contributed by atoms with E-state index in [1.54, 1.807) is 26.2 Å². The average molecular weight is 349 g/mol. The van der Waals surface area contributed by atoms with E-state index < -0.39 is 10.0 Å². The average Bonchev–Trinajstić information content (AvgIpc) is 2.56. The second-order valence-electron chi connectivity index (χ2n) is 5.54. The first-order chi connectivity index (χ1) is 11.4. The topological polar surface area (TPSA) is 72.3 Å². The minimum atomic E-state index is -3.57. The van der Waals surface area contributed by atoms with Crippen molar-refractivity contribution in [2.24, 2.45) is 0 Å². The van der Waals surface area contributed by atoms with Crippen LogP contribution < -0.4 is 5.56 Å². The maximum absolute atomic E-state index is 12.6. The number of nitrogens with zero attached hydrogens (tertiary/aromatic N) is 3. The Balaban J connectivity index is 2.29. The summed E-state index contributed by atoms with van der Waals surface area (Å²) in [4.78, 5) is 16.3. The molecule has 2 aromatic heterocycles. The Hall–Kier alpha value is -1.99. The van der Waals surface area contributed by atoms with Crippen molar-refractivity contribution < 1.29 is 8.42 Å². The summed E-state index contributed by atoms with van der Waals surface area (Å²) in [7, 11) is -3.57. The number of hydrogen-bond donors (Lipinski definition) is 0. The van der Waals surface area contributed by atoms with Gasteiger partial charge in [0.15, 0.2) is 0 Å². The Morgan fingerprint density at radius 2 is 1.88 bits per heavy atom. The van der Waals surface area contributed by atoms with E-state index in [-0.39, 0.29) is 10.5 Å². The molecular weight excluding hydrogens is 326 g/mol. The number of pyridine rings is 2. The number of aromatic nitrogens is 2. The Labute approximate surface area is 142 Å². The monoisotopic (exact) mass is 349 g/mol. The summed E-state index contributed by atoms with van der Waals surface area (Å²) in [6, 6.07) is 4.61. The third-order valence-electron chi connectivity index (χ3n) is 4.06. The minimum absolute atomic E-state index is 0.150. The van der Waals surface area contributed by atoms with Gasteiger partial charge in [0.2, 0.25) is 10.0 Å². The van der Waals surface area contributed by atoms with Crippen molar-refractivity contribution in [3.63, 3.8) is 0 Å². The molecule has 2 heterocycles. The van der Waals surface area contributed by atoms with Crippen LogP contribution in [0, 0.1) is 6.92 Å². The van der Waals surface area contributed by atoms with Crippen LogP contribution in [0.2, 0.25) is 0 Å². The van der Waals surface area contributed by atoms with Gasteiger partial charge in [-0.1, -0.05) is 13.8 Å². The SMILES string of the molecule is CCN(CC)S(=O)(=O)c1ccc(=O)n(CCc2ccncc2C)c1. The summed E-state index contributed by atoms with van der Waals surface area (Å²) in [5.41, 5.74) is 1.94. The smallest absolute Gasteiger partial charge is 0.250 e. The lowest BCUT2D eigenvalue weighted by Crippen LogP contribution is -2.32. The largest absolute Gasteiger partial charge is 0.314 e. The van der Waals surface area contributed by atoms with Gasteiger partial charge in [-0.05, 0) is 36.6 Å². The standard InChI is InChI=1S/C17H23N3O3S/c1-4-20(5-2)24(22,23)16-6-7-17(21)19(13-16)11-9-15-8-10-18-12-14(15)3/h6-8,10,12-13H,4-5,9,11H2,1-3H3. The van der Waals surface area contributed by atoms with Crippen LogP contribution in [0.5, 0.6) is 0 Å². The second-order valence-corrected chi connectivity index (χ2v) is 7.48. The summed E-state index contributed by atoms with van der Waals surface area (Å²) in [5.74, 6) is 0. The molecule has 2 rings (SSSR count). The van der Waals surface area contributed by atoms with Crippen LogP contribution >= 0.6 is 0 Å². The van der Waals surface area contributed by atoms with Gasteiger partial charge in [-0.3, -0.25) is 9.78 Å². The molecule has 6 nitrogen and oxygen atoms in total. The molecule has 0 saturated carbocycles. The molecule has 2 aromatic rings. The molecule has 0 amide bonds. The first-order valence-corrected chi connectivity index (χ1v) is 9.44. The van der Waals surface area contributed by atoms with Gasteiger partial charge >= 0.3 is 0 Å². The van der Waals surface area contributed by atoms with Gasteiger partial charge < -0.3 is 4.57 Å². The highest BCUT2D eigenvalue weighted by atomic mass is 32.2. The summed E-state index contributed by atoms with van der Waals surface area (Å²) < 4.78 is 28.0. The molecule has 130 valence electrons. The molecule has 0 bridgehead atoms. The number of aryl methyl sites for hydroxylation is 3. The lowest BCUT2D eigenvalue weighted by molar-refractivity contribution is 0.444. The summed E-state index contributed by atoms with van der Waals surface area (Å²) in [6.07, 6.45) is 5.57. The highest BCUT2D eigenvalue weighted by Crippen LogP contribution is 2.14. The Morgan fingerprint density at radius 1 is 1.17 bits per heavy atom. The van der Waals surface area contributed by atoms with Crippen molar-refractivity contribution in [3.8, 4) is 0 Å². The lowest BCUT2D eigenvalue weighted by Gasteiger charge is -2.19. The fourth-order valence-electron chi connectivity index (χ4n) is 2.57. The molecule has 7 heteroatoms. The Morgan fingerprint density at radius 3 is 2.50 bits per heavy atom. The van der Waals surface area contributed by atoms with Crippen LogP contribution in [0.4, 0.5) is 0 Å². The first kappa shape index (κ1) is 18.4. The van der Waals surface area contributed by atoms with E-state index in [1.165, 1.54) is 27.2 Å². The van der Waals surface area contributed by atoms with Crippen molar-refractivity contribution in [1.29, 1.82) is 0 Å². The van der Waals surface area contributed by atoms with Crippen LogP contribution in [0.3, 0.4) is 0 Å². The normalized spacial score (nSPS) is 11.8. The fourth-order valence-corrected chi connectivity index (χ4v) is 4.05. The molecule has 0 unspecified atom stereocenters. The number of hydrogen-bond acceptors (Lipinski definition) is 4. The zero-order valence-electron chi connectivity index (χ0n) is 14.3. The Kier molecular flexibility index (Phi) is 5.90. The fraction of sp³-hybridized carbons (Fsp3) is 0.412. The van der Waals surface area contributed by atoms with Crippen molar-refractivity contribution >= 4 is 10.0 Å². The van der Waals surface area contributed by atoms with Crippen LogP contribution in [-0.4, -0.2) is 35.4 Å². The quantitative estimate of drug-likeness (QED) is 0.764. The van der Waals surface area contributed by atoms with Crippen molar-refractivity contribution in [2.75, 3.05) is 13.1 Å². The maximum atomic E-state index is 12.6. The van der Waals surface area contributed by atoms with Crippen LogP contribution in [0.15, 0.2) is 46.5 Å². The van der Waals surface area contributed by atoms with Gasteiger partial charge in [0.25, 0.3) is 5.56 Å². The molecule has 0 spiro atoms. The zero-order valence-corrected chi connectivity index (χ0v) is 15.1. The van der Waals surface area contributed by atoms with E-state index in [2.05, 4.69) is 4.98 Å². The van der Waals surface area contributed by atoms with Gasteiger partial charge in [-0.15, -0.1) is 0 Å². The Bertz CT molecular complexity index is 855. The predicted molar refractivity (Wildman–Crippen MR) is 93.5 cm³/mol. The molecule has 0 saturated heterocycles. The molecular formula is C17H23N3O3S. The molecule has 0 aliphatic carbocycles. The van der Waals surface area contributed by atoms with E-state index in [0.717, 1.165) is 11.1 Å². The summed E-state index contributed by atoms with van der Waals surface area (Å²) in [6.45, 7) is 6.77. The number of rotatable bonds is 7. The minimum Gasteiger partial charge on any atom is -0.314 e. The lowest BCUT2D eigenvalue weighted by atomic mass is 10.1. The van der Waals surface area contributed by atoms with Gasteiger partial charge in [-0.25, -0.2) is 8.42 Å². The van der Waals surface area contributed by atoms with E-state index in [9.17, 15) is 13.2 Å². The van der Waals surface area contributed by atoms with Crippen molar-refractivity contribution in [2.45, 2.75) is 38.6 Å². The van der Waals surface area contributed by atoms with Crippen molar-refractivity contribution in [3.05, 3.63) is 58.3 Å². The number of sulfonamides is 1. The van der Waals surface area contributed by atoms with E-state index in [0.29, 0.717) is 26.1 Å². The van der Waals surface area contributed by atoms with E-state index in [1.807, 2.05) is 13.0 Å². The van der Waals surface area contributed by atoms with Crippen LogP contribution in [0.1, 0.15) is 25.0 Å². The highest BCUT2D eigenvalue weighted by Gasteiger charge is 2.22. The van der Waals surface area contributed by atoms with E-state index >= 15 is 0 Å². The molecule has 0 aliphatic heterocycles. The summed E-state index contributed by atoms with van der Waals surface area (Å²) >= 11 is 0. The highest BCUT2D eigenvalue weighted by molar-refractivity contribution is 7.89. The molecule has 0 radical (unpaired) electrons. The molecule has 0 aliphatic rings. The molecule has 0 N–H and O–H groups in total. The third kappa shape index (κ3) is 3.91. The van der Waals surface area contributed by atoms with Gasteiger partial charge in [0, 0.05) is 44.3 Å². The van der Waals surface area contributed by atoms with Crippen molar-refractivity contribution in [1.82, 2.24) is 13.9 Å². The molecule has 0 atom stereocenters. The third-order valence-corrected chi connectivity index (χ3v) is 6.09.